The van der Waals surface area contributed by atoms with Crippen molar-refractivity contribution in [1.82, 2.24) is 0 Å². The first-order chi connectivity index (χ1) is 15.2. The Balaban J connectivity index is 1.69. The second-order valence-electron chi connectivity index (χ2n) is 9.07. The number of furan rings is 1. The number of hydrogen-bond donors (Lipinski definition) is 0. The van der Waals surface area contributed by atoms with Crippen molar-refractivity contribution in [3.05, 3.63) is 101 Å². The van der Waals surface area contributed by atoms with E-state index in [1.54, 1.807) is 0 Å². The van der Waals surface area contributed by atoms with E-state index in [1.165, 1.54) is 60.1 Å². The molecule has 5 aromatic rings. The normalized spacial score (nSPS) is 17.5. The van der Waals surface area contributed by atoms with Crippen molar-refractivity contribution in [2.75, 3.05) is 0 Å². The van der Waals surface area contributed by atoms with Crippen LogP contribution < -0.4 is 0 Å². The van der Waals surface area contributed by atoms with Gasteiger partial charge in [0.25, 0.3) is 0 Å². The first-order valence-corrected chi connectivity index (χ1v) is 11.0. The van der Waals surface area contributed by atoms with E-state index in [4.69, 9.17) is 4.42 Å². The van der Waals surface area contributed by atoms with Crippen molar-refractivity contribution < 1.29 is 4.42 Å². The van der Waals surface area contributed by atoms with Crippen LogP contribution in [-0.4, -0.2) is 0 Å². The molecule has 0 aliphatic heterocycles. The van der Waals surface area contributed by atoms with Crippen molar-refractivity contribution in [3.8, 4) is 0 Å². The molecule has 0 fully saturated rings. The van der Waals surface area contributed by atoms with Gasteiger partial charge in [0.1, 0.15) is 11.2 Å². The van der Waals surface area contributed by atoms with Gasteiger partial charge in [0, 0.05) is 16.7 Å². The topological polar surface area (TPSA) is 13.1 Å². The molecule has 0 spiro atoms. The number of aryl methyl sites for hydroxylation is 2. The molecule has 4 aromatic carbocycles. The van der Waals surface area contributed by atoms with E-state index in [0.29, 0.717) is 5.92 Å². The maximum absolute atomic E-state index is 6.48. The minimum Gasteiger partial charge on any atom is -0.456 e. The summed E-state index contributed by atoms with van der Waals surface area (Å²) >= 11 is 0. The van der Waals surface area contributed by atoms with E-state index < -0.39 is 0 Å². The van der Waals surface area contributed by atoms with Crippen LogP contribution in [0.3, 0.4) is 0 Å². The fraction of sp³-hybridized carbons (Fsp3) is 0.133. The Labute approximate surface area is 181 Å². The molecular weight excluding hydrogens is 376 g/mol. The van der Waals surface area contributed by atoms with Gasteiger partial charge in [-0.3, -0.25) is 0 Å². The third-order valence-electron chi connectivity index (χ3n) is 7.21. The molecule has 31 heavy (non-hydrogen) atoms. The average Bonchev–Trinajstić information content (AvgIpc) is 3.15. The van der Waals surface area contributed by atoms with Gasteiger partial charge in [-0.2, -0.15) is 0 Å². The lowest BCUT2D eigenvalue weighted by Gasteiger charge is -2.25. The van der Waals surface area contributed by atoms with Gasteiger partial charge in [-0.25, -0.2) is 0 Å². The van der Waals surface area contributed by atoms with Crippen LogP contribution in [0.5, 0.6) is 0 Å². The molecule has 0 bridgehead atoms. The van der Waals surface area contributed by atoms with E-state index in [1.807, 2.05) is 0 Å². The van der Waals surface area contributed by atoms with Crippen LogP contribution in [0.15, 0.2) is 82.8 Å². The summed E-state index contributed by atoms with van der Waals surface area (Å²) in [6, 6.07) is 17.8. The second-order valence-corrected chi connectivity index (χ2v) is 9.07. The summed E-state index contributed by atoms with van der Waals surface area (Å²) in [5.41, 5.74) is 8.78. The average molecular weight is 399 g/mol. The largest absolute Gasteiger partial charge is 0.456 e. The van der Waals surface area contributed by atoms with Crippen LogP contribution in [-0.2, 0) is 6.42 Å². The van der Waals surface area contributed by atoms with Crippen LogP contribution in [0.25, 0.3) is 49.6 Å². The second kappa shape index (κ2) is 5.98. The SMILES string of the molecule is Cc1cc2oc3cc(C)c4cc5ccccc5cc4c3c2c2c1CC1C=CC=CC1=C2. The first kappa shape index (κ1) is 17.1. The molecular formula is C30H22O. The summed E-state index contributed by atoms with van der Waals surface area (Å²) in [6.45, 7) is 4.42. The lowest BCUT2D eigenvalue weighted by Crippen LogP contribution is -2.13. The molecule has 1 heterocycles. The maximum atomic E-state index is 6.48. The molecule has 7 rings (SSSR count). The predicted molar refractivity (Wildman–Crippen MR) is 132 cm³/mol. The van der Waals surface area contributed by atoms with Gasteiger partial charge in [0.05, 0.1) is 0 Å². The van der Waals surface area contributed by atoms with Crippen LogP contribution in [0.4, 0.5) is 0 Å². The summed E-state index contributed by atoms with van der Waals surface area (Å²) in [4.78, 5) is 0. The lowest BCUT2D eigenvalue weighted by molar-refractivity contribution is 0.667. The first-order valence-electron chi connectivity index (χ1n) is 11.0. The zero-order valence-electron chi connectivity index (χ0n) is 17.7. The van der Waals surface area contributed by atoms with Crippen molar-refractivity contribution in [2.24, 2.45) is 5.92 Å². The zero-order valence-corrected chi connectivity index (χ0v) is 17.7. The molecule has 2 aliphatic carbocycles. The highest BCUT2D eigenvalue weighted by Gasteiger charge is 2.25. The van der Waals surface area contributed by atoms with Crippen LogP contribution in [0.1, 0.15) is 22.3 Å². The van der Waals surface area contributed by atoms with Crippen molar-refractivity contribution >= 4 is 49.6 Å². The standard InChI is InChI=1S/C30H22O/c1-17-11-27-29(25-15-21-9-5-3-7-19(21)13-23(17)25)30-26-16-22-10-6-4-8-20(22)14-24(26)18(2)12-28(30)31-27/h3-13,15-16,20H,14H2,1-2H3. The van der Waals surface area contributed by atoms with Gasteiger partial charge in [-0.05, 0) is 93.9 Å². The van der Waals surface area contributed by atoms with Gasteiger partial charge >= 0.3 is 0 Å². The highest BCUT2D eigenvalue weighted by atomic mass is 16.3. The quantitative estimate of drug-likeness (QED) is 0.240. The number of hydrogen-bond acceptors (Lipinski definition) is 1. The molecule has 0 saturated carbocycles. The lowest BCUT2D eigenvalue weighted by atomic mass is 9.78. The fourth-order valence-corrected chi connectivity index (χ4v) is 5.66. The molecule has 1 nitrogen and oxygen atoms in total. The Bertz CT molecular complexity index is 1670. The summed E-state index contributed by atoms with van der Waals surface area (Å²) in [7, 11) is 0. The Morgan fingerprint density at radius 2 is 1.55 bits per heavy atom. The van der Waals surface area contributed by atoms with E-state index in [-0.39, 0.29) is 0 Å². The smallest absolute Gasteiger partial charge is 0.136 e. The monoisotopic (exact) mass is 398 g/mol. The highest BCUT2D eigenvalue weighted by molar-refractivity contribution is 6.23. The molecule has 0 amide bonds. The molecule has 1 heteroatoms. The molecule has 1 unspecified atom stereocenters. The molecule has 1 atom stereocenters. The van der Waals surface area contributed by atoms with Gasteiger partial charge in [-0.1, -0.05) is 54.6 Å². The Morgan fingerprint density at radius 1 is 0.806 bits per heavy atom. The van der Waals surface area contributed by atoms with E-state index >= 15 is 0 Å². The number of rotatable bonds is 0. The van der Waals surface area contributed by atoms with Crippen LogP contribution in [0.2, 0.25) is 0 Å². The molecule has 0 saturated heterocycles. The van der Waals surface area contributed by atoms with Gasteiger partial charge in [0.15, 0.2) is 0 Å². The number of fused-ring (bicyclic) bond motifs is 9. The Hall–Kier alpha value is -3.58. The maximum Gasteiger partial charge on any atom is 0.136 e. The predicted octanol–water partition coefficient (Wildman–Crippen LogP) is 8.19. The van der Waals surface area contributed by atoms with E-state index in [2.05, 4.69) is 92.8 Å². The summed E-state index contributed by atoms with van der Waals surface area (Å²) in [5.74, 6) is 0.481. The van der Waals surface area contributed by atoms with E-state index in [0.717, 1.165) is 17.6 Å². The van der Waals surface area contributed by atoms with Crippen molar-refractivity contribution in [1.29, 1.82) is 0 Å². The van der Waals surface area contributed by atoms with Gasteiger partial charge < -0.3 is 4.42 Å². The summed E-state index contributed by atoms with van der Waals surface area (Å²) in [6.07, 6.45) is 12.4. The zero-order chi connectivity index (χ0) is 20.7. The summed E-state index contributed by atoms with van der Waals surface area (Å²) in [5, 5.41) is 7.68. The fourth-order valence-electron chi connectivity index (χ4n) is 5.66. The van der Waals surface area contributed by atoms with Gasteiger partial charge in [0.2, 0.25) is 0 Å². The summed E-state index contributed by atoms with van der Waals surface area (Å²) < 4.78 is 6.48. The highest BCUT2D eigenvalue weighted by Crippen LogP contribution is 2.44. The van der Waals surface area contributed by atoms with Crippen LogP contribution in [0, 0.1) is 19.8 Å². The van der Waals surface area contributed by atoms with Crippen molar-refractivity contribution in [3.63, 3.8) is 0 Å². The third kappa shape index (κ3) is 2.32. The molecule has 0 N–H and O–H groups in total. The molecule has 2 aliphatic rings. The van der Waals surface area contributed by atoms with Crippen LogP contribution >= 0.6 is 0 Å². The number of benzene rings is 4. The van der Waals surface area contributed by atoms with E-state index in [9.17, 15) is 0 Å². The third-order valence-corrected chi connectivity index (χ3v) is 7.21. The molecule has 148 valence electrons. The minimum absolute atomic E-state index is 0.481. The Morgan fingerprint density at radius 3 is 2.39 bits per heavy atom. The Kier molecular flexibility index (Phi) is 3.31. The molecule has 0 radical (unpaired) electrons. The van der Waals surface area contributed by atoms with Crippen molar-refractivity contribution in [2.45, 2.75) is 20.3 Å². The molecule has 1 aromatic heterocycles. The minimum atomic E-state index is 0.481. The van der Waals surface area contributed by atoms with Gasteiger partial charge in [-0.15, -0.1) is 0 Å². The number of allylic oxidation sites excluding steroid dienone is 5.